The summed E-state index contributed by atoms with van der Waals surface area (Å²) in [6, 6.07) is 8.31. The summed E-state index contributed by atoms with van der Waals surface area (Å²) in [7, 11) is 0. The molecule has 0 aliphatic heterocycles. The fraction of sp³-hybridized carbons (Fsp3) is 0.375. The molecule has 5 heteroatoms. The fourth-order valence-corrected chi connectivity index (χ4v) is 2.55. The van der Waals surface area contributed by atoms with Crippen molar-refractivity contribution in [1.82, 2.24) is 9.97 Å². The van der Waals surface area contributed by atoms with Crippen molar-refractivity contribution < 1.29 is 0 Å². The third-order valence-corrected chi connectivity index (χ3v) is 3.56. The minimum absolute atomic E-state index is 0.269. The number of hydrogen-bond donors (Lipinski definition) is 2. The Morgan fingerprint density at radius 3 is 2.52 bits per heavy atom. The molecule has 0 aliphatic carbocycles. The molecule has 1 aromatic carbocycles. The first-order valence-corrected chi connectivity index (χ1v) is 7.24. The molecule has 0 unspecified atom stereocenters. The lowest BCUT2D eigenvalue weighted by Gasteiger charge is -2.27. The minimum atomic E-state index is 0.269. The van der Waals surface area contributed by atoms with Crippen molar-refractivity contribution in [2.45, 2.75) is 33.6 Å². The predicted molar refractivity (Wildman–Crippen MR) is 87.8 cm³/mol. The van der Waals surface area contributed by atoms with E-state index >= 15 is 0 Å². The van der Waals surface area contributed by atoms with E-state index in [1.165, 1.54) is 5.56 Å². The summed E-state index contributed by atoms with van der Waals surface area (Å²) in [6.07, 6.45) is 1.55. The van der Waals surface area contributed by atoms with E-state index in [1.54, 1.807) is 6.33 Å². The number of nitrogens with two attached hydrogens (primary N) is 1. The maximum atomic E-state index is 5.61. The smallest absolute Gasteiger partial charge is 0.148 e. The second kappa shape index (κ2) is 6.54. The van der Waals surface area contributed by atoms with Crippen molar-refractivity contribution in [3.05, 3.63) is 41.7 Å². The van der Waals surface area contributed by atoms with E-state index in [4.69, 9.17) is 5.84 Å². The number of nitrogen functional groups attached to an aromatic ring is 1. The molecule has 1 aromatic heterocycles. The van der Waals surface area contributed by atoms with Crippen LogP contribution in [0.3, 0.4) is 0 Å². The normalized spacial score (nSPS) is 10.8. The van der Waals surface area contributed by atoms with Gasteiger partial charge in [0, 0.05) is 17.8 Å². The van der Waals surface area contributed by atoms with Gasteiger partial charge in [0.1, 0.15) is 18.0 Å². The van der Waals surface area contributed by atoms with Crippen LogP contribution in [0.1, 0.15) is 37.8 Å². The molecule has 21 heavy (non-hydrogen) atoms. The molecule has 0 spiro atoms. The van der Waals surface area contributed by atoms with Crippen molar-refractivity contribution >= 4 is 17.3 Å². The van der Waals surface area contributed by atoms with Gasteiger partial charge >= 0.3 is 0 Å². The first kappa shape index (κ1) is 15.3. The molecule has 0 saturated heterocycles. The average Bonchev–Trinajstić information content (AvgIpc) is 2.49. The number of para-hydroxylation sites is 1. The Morgan fingerprint density at radius 1 is 1.24 bits per heavy atom. The summed E-state index contributed by atoms with van der Waals surface area (Å²) in [5.74, 6) is 7.47. The zero-order chi connectivity index (χ0) is 15.4. The molecule has 0 aliphatic rings. The second-order valence-electron chi connectivity index (χ2n) is 5.29. The maximum absolute atomic E-state index is 5.61. The summed E-state index contributed by atoms with van der Waals surface area (Å²) in [5.41, 5.74) is 6.09. The van der Waals surface area contributed by atoms with Crippen molar-refractivity contribution in [3.63, 3.8) is 0 Å². The Labute approximate surface area is 126 Å². The first-order valence-electron chi connectivity index (χ1n) is 7.24. The molecule has 1 heterocycles. The van der Waals surface area contributed by atoms with E-state index in [1.807, 2.05) is 12.1 Å². The lowest BCUT2D eigenvalue weighted by Crippen LogP contribution is -2.22. The quantitative estimate of drug-likeness (QED) is 0.651. The topological polar surface area (TPSA) is 67.1 Å². The molecule has 3 N–H and O–H groups in total. The Hall–Kier alpha value is -2.14. The molecule has 0 amide bonds. The van der Waals surface area contributed by atoms with Crippen LogP contribution in [0.5, 0.6) is 0 Å². The molecule has 112 valence electrons. The summed E-state index contributed by atoms with van der Waals surface area (Å²) in [6.45, 7) is 9.29. The van der Waals surface area contributed by atoms with Crippen LogP contribution in [0.25, 0.3) is 0 Å². The first-order chi connectivity index (χ1) is 10.1. The number of rotatable bonds is 5. The number of aromatic nitrogens is 2. The van der Waals surface area contributed by atoms with Crippen LogP contribution < -0.4 is 16.2 Å². The predicted octanol–water partition coefficient (Wildman–Crippen LogP) is 3.35. The van der Waals surface area contributed by atoms with Crippen molar-refractivity contribution in [2.24, 2.45) is 5.84 Å². The third-order valence-electron chi connectivity index (χ3n) is 3.56. The molecule has 0 fully saturated rings. The molecule has 5 nitrogen and oxygen atoms in total. The van der Waals surface area contributed by atoms with E-state index in [0.29, 0.717) is 5.82 Å². The summed E-state index contributed by atoms with van der Waals surface area (Å²) in [4.78, 5) is 11.0. The molecule has 2 rings (SSSR count). The maximum Gasteiger partial charge on any atom is 0.148 e. The highest BCUT2D eigenvalue weighted by atomic mass is 15.3. The molecular formula is C16H23N5. The second-order valence-corrected chi connectivity index (χ2v) is 5.29. The van der Waals surface area contributed by atoms with Gasteiger partial charge in [0.25, 0.3) is 0 Å². The van der Waals surface area contributed by atoms with Crippen molar-refractivity contribution in [3.8, 4) is 0 Å². The van der Waals surface area contributed by atoms with Gasteiger partial charge in [-0.1, -0.05) is 32.0 Å². The molecular weight excluding hydrogens is 262 g/mol. The monoisotopic (exact) mass is 285 g/mol. The van der Waals surface area contributed by atoms with Gasteiger partial charge in [-0.25, -0.2) is 15.8 Å². The van der Waals surface area contributed by atoms with E-state index < -0.39 is 0 Å². The number of nitrogens with one attached hydrogen (secondary N) is 1. The molecule has 0 radical (unpaired) electrons. The van der Waals surface area contributed by atoms with Crippen LogP contribution >= 0.6 is 0 Å². The highest BCUT2D eigenvalue weighted by Gasteiger charge is 2.20. The highest BCUT2D eigenvalue weighted by Crippen LogP contribution is 2.35. The van der Waals surface area contributed by atoms with Gasteiger partial charge in [-0.3, -0.25) is 0 Å². The largest absolute Gasteiger partial charge is 0.326 e. The van der Waals surface area contributed by atoms with Crippen molar-refractivity contribution in [2.75, 3.05) is 16.9 Å². The van der Waals surface area contributed by atoms with E-state index in [9.17, 15) is 0 Å². The van der Waals surface area contributed by atoms with Gasteiger partial charge in [-0.05, 0) is 31.4 Å². The standard InChI is InChI=1S/C16H23N5/c1-5-21(13-9-7-6-8-12(13)4)16-14(11(2)3)15(20-17)18-10-19-16/h6-11H,5,17H2,1-4H3,(H,18,19,20). The molecule has 0 saturated carbocycles. The van der Waals surface area contributed by atoms with Gasteiger partial charge in [0.2, 0.25) is 0 Å². The lowest BCUT2D eigenvalue weighted by molar-refractivity contribution is 0.829. The van der Waals surface area contributed by atoms with Crippen LogP contribution in [-0.4, -0.2) is 16.5 Å². The van der Waals surface area contributed by atoms with Crippen LogP contribution in [0, 0.1) is 6.92 Å². The number of aryl methyl sites for hydroxylation is 1. The van der Waals surface area contributed by atoms with Gasteiger partial charge in [-0.2, -0.15) is 0 Å². The molecule has 0 atom stereocenters. The average molecular weight is 285 g/mol. The lowest BCUT2D eigenvalue weighted by atomic mass is 10.0. The van der Waals surface area contributed by atoms with Gasteiger partial charge in [0.05, 0.1) is 0 Å². The van der Waals surface area contributed by atoms with E-state index in [0.717, 1.165) is 23.6 Å². The SMILES string of the molecule is CCN(c1ccccc1C)c1ncnc(NN)c1C(C)C. The number of benzene rings is 1. The van der Waals surface area contributed by atoms with E-state index in [-0.39, 0.29) is 5.92 Å². The molecule has 2 aromatic rings. The van der Waals surface area contributed by atoms with E-state index in [2.05, 4.69) is 60.1 Å². The van der Waals surface area contributed by atoms with Crippen LogP contribution in [0.2, 0.25) is 0 Å². The van der Waals surface area contributed by atoms with Gasteiger partial charge < -0.3 is 10.3 Å². The number of hydrazine groups is 1. The highest BCUT2D eigenvalue weighted by molar-refractivity contribution is 5.70. The summed E-state index contributed by atoms with van der Waals surface area (Å²) in [5, 5.41) is 0. The zero-order valence-electron chi connectivity index (χ0n) is 13.1. The Balaban J connectivity index is 2.61. The third kappa shape index (κ3) is 2.97. The van der Waals surface area contributed by atoms with Gasteiger partial charge in [-0.15, -0.1) is 0 Å². The summed E-state index contributed by atoms with van der Waals surface area (Å²) >= 11 is 0. The molecule has 0 bridgehead atoms. The number of anilines is 3. The van der Waals surface area contributed by atoms with Gasteiger partial charge in [0.15, 0.2) is 0 Å². The summed E-state index contributed by atoms with van der Waals surface area (Å²) < 4.78 is 0. The Bertz CT molecular complexity index is 609. The number of nitrogens with zero attached hydrogens (tertiary/aromatic N) is 3. The number of hydrogen-bond acceptors (Lipinski definition) is 5. The Kier molecular flexibility index (Phi) is 4.75. The Morgan fingerprint density at radius 2 is 1.95 bits per heavy atom. The fourth-order valence-electron chi connectivity index (χ4n) is 2.55. The minimum Gasteiger partial charge on any atom is -0.326 e. The zero-order valence-corrected chi connectivity index (χ0v) is 13.1. The van der Waals surface area contributed by atoms with Crippen LogP contribution in [0.4, 0.5) is 17.3 Å². The van der Waals surface area contributed by atoms with Crippen molar-refractivity contribution in [1.29, 1.82) is 0 Å². The van der Waals surface area contributed by atoms with Crippen LogP contribution in [-0.2, 0) is 0 Å². The van der Waals surface area contributed by atoms with Crippen LogP contribution in [0.15, 0.2) is 30.6 Å².